The number of aromatic amines is 1. The Morgan fingerprint density at radius 3 is 2.61 bits per heavy atom. The molecule has 1 aromatic heterocycles. The number of piperidine rings is 1. The number of ketones is 1. The molecule has 2 heterocycles. The number of H-pyrrole nitrogens is 1. The Morgan fingerprint density at radius 2 is 1.86 bits per heavy atom. The fourth-order valence-corrected chi connectivity index (χ4v) is 3.56. The molecular weight excluding hydrogens is 358 g/mol. The Kier molecular flexibility index (Phi) is 4.97. The first-order valence-corrected chi connectivity index (χ1v) is 9.34. The van der Waals surface area contributed by atoms with Crippen LogP contribution in [0.1, 0.15) is 28.8 Å². The lowest BCUT2D eigenvalue weighted by atomic mass is 9.89. The smallest absolute Gasteiger partial charge is 0.408 e. The van der Waals surface area contributed by atoms with Gasteiger partial charge in [0.2, 0.25) is 0 Å². The average molecular weight is 379 g/mol. The summed E-state index contributed by atoms with van der Waals surface area (Å²) in [7, 11) is 0. The molecule has 2 amide bonds. The lowest BCUT2D eigenvalue weighted by Gasteiger charge is -2.31. The third kappa shape index (κ3) is 3.83. The van der Waals surface area contributed by atoms with Crippen LogP contribution in [0.4, 0.5) is 4.79 Å². The summed E-state index contributed by atoms with van der Waals surface area (Å²) in [6.07, 6.45) is 1.24. The van der Waals surface area contributed by atoms with Crippen LogP contribution in [-0.2, 0) is 6.54 Å². The number of likely N-dealkylation sites (tertiary alicyclic amines) is 1. The van der Waals surface area contributed by atoms with Crippen molar-refractivity contribution < 1.29 is 14.0 Å². The molecule has 4 rings (SSSR count). The number of urea groups is 1. The van der Waals surface area contributed by atoms with E-state index in [0.29, 0.717) is 49.1 Å². The Morgan fingerprint density at radius 1 is 1.11 bits per heavy atom. The van der Waals surface area contributed by atoms with Crippen LogP contribution < -0.4 is 11.1 Å². The third-order valence-corrected chi connectivity index (χ3v) is 5.15. The van der Waals surface area contributed by atoms with Crippen LogP contribution in [0.2, 0.25) is 0 Å². The number of aromatic nitrogens is 1. The minimum absolute atomic E-state index is 0.0232. The van der Waals surface area contributed by atoms with Gasteiger partial charge in [-0.15, -0.1) is 0 Å². The van der Waals surface area contributed by atoms with Crippen molar-refractivity contribution in [3.05, 3.63) is 70.2 Å². The molecule has 144 valence electrons. The maximum atomic E-state index is 12.8. The van der Waals surface area contributed by atoms with Crippen LogP contribution in [0.25, 0.3) is 11.1 Å². The SMILES string of the molecule is O=C(c1ccc2[nH]c(=O)oc2c1)C1CCN(C(=O)NCc2ccccc2)CC1. The summed E-state index contributed by atoms with van der Waals surface area (Å²) < 4.78 is 5.03. The molecule has 28 heavy (non-hydrogen) atoms. The van der Waals surface area contributed by atoms with E-state index in [-0.39, 0.29) is 17.7 Å². The predicted molar refractivity (Wildman–Crippen MR) is 104 cm³/mol. The third-order valence-electron chi connectivity index (χ3n) is 5.15. The maximum Gasteiger partial charge on any atom is 0.417 e. The van der Waals surface area contributed by atoms with Crippen molar-refractivity contribution >= 4 is 22.9 Å². The molecule has 0 saturated carbocycles. The van der Waals surface area contributed by atoms with Crippen LogP contribution >= 0.6 is 0 Å². The van der Waals surface area contributed by atoms with Crippen molar-refractivity contribution in [3.8, 4) is 0 Å². The minimum Gasteiger partial charge on any atom is -0.408 e. The lowest BCUT2D eigenvalue weighted by molar-refractivity contribution is 0.0854. The zero-order valence-corrected chi connectivity index (χ0v) is 15.3. The second-order valence-corrected chi connectivity index (χ2v) is 7.00. The van der Waals surface area contributed by atoms with E-state index in [2.05, 4.69) is 10.3 Å². The topological polar surface area (TPSA) is 95.4 Å². The van der Waals surface area contributed by atoms with Crippen LogP contribution in [0.5, 0.6) is 0 Å². The van der Waals surface area contributed by atoms with E-state index in [1.165, 1.54) is 0 Å². The van der Waals surface area contributed by atoms with Crippen molar-refractivity contribution in [1.82, 2.24) is 15.2 Å². The fourth-order valence-electron chi connectivity index (χ4n) is 3.56. The first-order valence-electron chi connectivity index (χ1n) is 9.34. The molecule has 0 bridgehead atoms. The van der Waals surface area contributed by atoms with Crippen LogP contribution in [0.15, 0.2) is 57.7 Å². The summed E-state index contributed by atoms with van der Waals surface area (Å²) in [6.45, 7) is 1.57. The van der Waals surface area contributed by atoms with Crippen molar-refractivity contribution in [3.63, 3.8) is 0 Å². The van der Waals surface area contributed by atoms with Gasteiger partial charge in [0, 0.05) is 31.1 Å². The number of nitrogens with zero attached hydrogens (tertiary/aromatic N) is 1. The molecule has 2 N–H and O–H groups in total. The largest absolute Gasteiger partial charge is 0.417 e. The number of hydrogen-bond acceptors (Lipinski definition) is 4. The standard InChI is InChI=1S/C21H21N3O4/c25-19(16-6-7-17-18(12-16)28-21(27)23-17)15-8-10-24(11-9-15)20(26)22-13-14-4-2-1-3-5-14/h1-7,12,15H,8-11,13H2,(H,22,26)(H,23,27). The van der Waals surface area contributed by atoms with Gasteiger partial charge in [0.15, 0.2) is 11.4 Å². The van der Waals surface area contributed by atoms with Gasteiger partial charge in [-0.25, -0.2) is 9.59 Å². The Labute approximate surface area is 161 Å². The van der Waals surface area contributed by atoms with E-state index in [1.54, 1.807) is 23.1 Å². The average Bonchev–Trinajstić information content (AvgIpc) is 3.11. The minimum atomic E-state index is -0.533. The molecule has 1 fully saturated rings. The van der Waals surface area contributed by atoms with E-state index >= 15 is 0 Å². The molecular formula is C21H21N3O4. The quantitative estimate of drug-likeness (QED) is 0.682. The second kappa shape index (κ2) is 7.72. The van der Waals surface area contributed by atoms with Crippen LogP contribution in [0.3, 0.4) is 0 Å². The van der Waals surface area contributed by atoms with E-state index in [1.807, 2.05) is 30.3 Å². The molecule has 1 aliphatic rings. The molecule has 7 heteroatoms. The monoisotopic (exact) mass is 379 g/mol. The zero-order valence-electron chi connectivity index (χ0n) is 15.3. The Bertz CT molecular complexity index is 1050. The molecule has 3 aromatic rings. The van der Waals surface area contributed by atoms with E-state index in [0.717, 1.165) is 5.56 Å². The number of rotatable bonds is 4. The van der Waals surface area contributed by atoms with Gasteiger partial charge in [0.1, 0.15) is 0 Å². The van der Waals surface area contributed by atoms with Gasteiger partial charge < -0.3 is 14.6 Å². The number of hydrogen-bond donors (Lipinski definition) is 2. The fraction of sp³-hybridized carbons (Fsp3) is 0.286. The molecule has 0 atom stereocenters. The van der Waals surface area contributed by atoms with E-state index < -0.39 is 5.76 Å². The summed E-state index contributed by atoms with van der Waals surface area (Å²) in [4.78, 5) is 40.7. The summed E-state index contributed by atoms with van der Waals surface area (Å²) in [5.41, 5.74) is 2.54. The number of carbonyl (C=O) groups is 2. The van der Waals surface area contributed by atoms with E-state index in [9.17, 15) is 14.4 Å². The number of nitrogens with one attached hydrogen (secondary N) is 2. The van der Waals surface area contributed by atoms with Crippen LogP contribution in [-0.4, -0.2) is 34.8 Å². The summed E-state index contributed by atoms with van der Waals surface area (Å²) in [5, 5.41) is 2.92. The summed E-state index contributed by atoms with van der Waals surface area (Å²) in [6, 6.07) is 14.6. The zero-order chi connectivity index (χ0) is 19.5. The van der Waals surface area contributed by atoms with Gasteiger partial charge in [-0.2, -0.15) is 0 Å². The number of fused-ring (bicyclic) bond motifs is 1. The molecule has 0 aliphatic carbocycles. The number of amides is 2. The maximum absolute atomic E-state index is 12.8. The van der Waals surface area contributed by atoms with Gasteiger partial charge in [0.05, 0.1) is 5.52 Å². The van der Waals surface area contributed by atoms with Crippen LogP contribution in [0, 0.1) is 5.92 Å². The van der Waals surface area contributed by atoms with Crippen molar-refractivity contribution in [2.24, 2.45) is 5.92 Å². The number of carbonyl (C=O) groups excluding carboxylic acids is 2. The van der Waals surface area contributed by atoms with Gasteiger partial charge in [-0.1, -0.05) is 30.3 Å². The Hall–Kier alpha value is -3.35. The number of Topliss-reactive ketones (excluding diaryl/α,β-unsaturated/α-hetero) is 1. The number of oxazole rings is 1. The number of benzene rings is 2. The normalized spacial score (nSPS) is 14.9. The van der Waals surface area contributed by atoms with Crippen molar-refractivity contribution in [1.29, 1.82) is 0 Å². The van der Waals surface area contributed by atoms with Gasteiger partial charge in [-0.3, -0.25) is 9.78 Å². The Balaban J connectivity index is 1.33. The van der Waals surface area contributed by atoms with Crippen molar-refractivity contribution in [2.75, 3.05) is 13.1 Å². The van der Waals surface area contributed by atoms with Gasteiger partial charge >= 0.3 is 11.8 Å². The molecule has 1 saturated heterocycles. The highest BCUT2D eigenvalue weighted by molar-refractivity contribution is 6.00. The molecule has 2 aromatic carbocycles. The molecule has 1 aliphatic heterocycles. The highest BCUT2D eigenvalue weighted by Gasteiger charge is 2.28. The predicted octanol–water partition coefficient (Wildman–Crippen LogP) is 2.93. The highest BCUT2D eigenvalue weighted by atomic mass is 16.4. The van der Waals surface area contributed by atoms with Gasteiger partial charge in [-0.05, 0) is 36.6 Å². The van der Waals surface area contributed by atoms with Gasteiger partial charge in [0.25, 0.3) is 0 Å². The lowest BCUT2D eigenvalue weighted by Crippen LogP contribution is -2.45. The van der Waals surface area contributed by atoms with E-state index in [4.69, 9.17) is 4.42 Å². The molecule has 7 nitrogen and oxygen atoms in total. The highest BCUT2D eigenvalue weighted by Crippen LogP contribution is 2.23. The first kappa shape index (κ1) is 18.0. The van der Waals surface area contributed by atoms with Crippen molar-refractivity contribution in [2.45, 2.75) is 19.4 Å². The second-order valence-electron chi connectivity index (χ2n) is 7.00. The molecule has 0 spiro atoms. The molecule has 0 unspecified atom stereocenters. The first-order chi connectivity index (χ1) is 13.6. The molecule has 0 radical (unpaired) electrons. The summed E-state index contributed by atoms with van der Waals surface area (Å²) in [5.74, 6) is -0.647. The summed E-state index contributed by atoms with van der Waals surface area (Å²) >= 11 is 0.